The van der Waals surface area contributed by atoms with Crippen molar-refractivity contribution in [2.24, 2.45) is 0 Å². The van der Waals surface area contributed by atoms with Crippen LogP contribution in [0.2, 0.25) is 0 Å². The van der Waals surface area contributed by atoms with E-state index in [1.807, 2.05) is 12.3 Å². The molecule has 3 aromatic rings. The van der Waals surface area contributed by atoms with Crippen molar-refractivity contribution in [3.63, 3.8) is 0 Å². The number of nitrogens with one attached hydrogen (secondary N) is 1. The van der Waals surface area contributed by atoms with Crippen molar-refractivity contribution in [1.29, 1.82) is 0 Å². The van der Waals surface area contributed by atoms with Gasteiger partial charge in [0.2, 0.25) is 10.3 Å². The van der Waals surface area contributed by atoms with Gasteiger partial charge in [0.1, 0.15) is 11.5 Å². The van der Waals surface area contributed by atoms with E-state index in [0.29, 0.717) is 17.4 Å². The third-order valence-corrected chi connectivity index (χ3v) is 5.57. The molecule has 1 amide bonds. The van der Waals surface area contributed by atoms with Gasteiger partial charge in [-0.2, -0.15) is 0 Å². The van der Waals surface area contributed by atoms with Gasteiger partial charge in [0.25, 0.3) is 5.91 Å². The van der Waals surface area contributed by atoms with Crippen LogP contribution in [0.3, 0.4) is 0 Å². The second kappa shape index (κ2) is 7.87. The largest absolute Gasteiger partial charge is 0.347 e. The monoisotopic (exact) mass is 385 g/mol. The molecule has 0 radical (unpaired) electrons. The molecule has 0 saturated carbocycles. The van der Waals surface area contributed by atoms with Crippen LogP contribution in [0.4, 0.5) is 9.52 Å². The Bertz CT molecular complexity index is 914. The van der Waals surface area contributed by atoms with Crippen molar-refractivity contribution in [3.05, 3.63) is 59.7 Å². The molecule has 0 atom stereocenters. The van der Waals surface area contributed by atoms with Crippen molar-refractivity contribution in [2.75, 3.05) is 18.0 Å². The van der Waals surface area contributed by atoms with Crippen LogP contribution in [0.15, 0.2) is 42.6 Å². The van der Waals surface area contributed by atoms with Crippen LogP contribution in [-0.2, 0) is 6.54 Å². The Labute approximate surface area is 160 Å². The minimum atomic E-state index is -0.292. The van der Waals surface area contributed by atoms with E-state index in [1.165, 1.54) is 42.7 Å². The Balaban J connectivity index is 1.46. The Morgan fingerprint density at radius 3 is 2.59 bits per heavy atom. The normalized spacial score (nSPS) is 14.3. The number of amides is 1. The van der Waals surface area contributed by atoms with Gasteiger partial charge in [0, 0.05) is 25.8 Å². The summed E-state index contributed by atoms with van der Waals surface area (Å²) in [6, 6.07) is 9.65. The van der Waals surface area contributed by atoms with Crippen molar-refractivity contribution in [1.82, 2.24) is 20.1 Å². The molecule has 0 aliphatic carbocycles. The predicted molar refractivity (Wildman–Crippen MR) is 103 cm³/mol. The molecule has 0 spiro atoms. The van der Waals surface area contributed by atoms with E-state index in [4.69, 9.17) is 0 Å². The molecule has 27 heavy (non-hydrogen) atoms. The number of carbonyl (C=O) groups excluding carboxylic acids is 1. The van der Waals surface area contributed by atoms with Gasteiger partial charge in [-0.3, -0.25) is 9.36 Å². The maximum atomic E-state index is 13.0. The van der Waals surface area contributed by atoms with Gasteiger partial charge in [-0.1, -0.05) is 23.5 Å². The van der Waals surface area contributed by atoms with Gasteiger partial charge < -0.3 is 10.2 Å². The van der Waals surface area contributed by atoms with E-state index in [-0.39, 0.29) is 11.7 Å². The number of aromatic nitrogens is 3. The molecule has 1 N–H and O–H groups in total. The smallest absolute Gasteiger partial charge is 0.268 e. The number of hydrogen-bond acceptors (Lipinski definition) is 5. The Hall–Kier alpha value is -2.74. The molecule has 1 fully saturated rings. The highest BCUT2D eigenvalue weighted by atomic mass is 32.1. The van der Waals surface area contributed by atoms with Crippen LogP contribution < -0.4 is 10.2 Å². The van der Waals surface area contributed by atoms with Crippen LogP contribution in [0.1, 0.15) is 35.3 Å². The summed E-state index contributed by atoms with van der Waals surface area (Å²) in [6.07, 6.45) is 5.43. The molecule has 0 unspecified atom stereocenters. The fraction of sp³-hybridized carbons (Fsp3) is 0.316. The minimum absolute atomic E-state index is 0.209. The molecule has 3 heterocycles. The number of hydrogen-bond donors (Lipinski definition) is 1. The van der Waals surface area contributed by atoms with Crippen molar-refractivity contribution in [2.45, 2.75) is 25.8 Å². The second-order valence-corrected chi connectivity index (χ2v) is 7.42. The second-order valence-electron chi connectivity index (χ2n) is 6.49. The summed E-state index contributed by atoms with van der Waals surface area (Å²) in [5.74, 6) is -0.501. The number of benzene rings is 1. The zero-order valence-electron chi connectivity index (χ0n) is 14.8. The van der Waals surface area contributed by atoms with E-state index in [0.717, 1.165) is 23.8 Å². The van der Waals surface area contributed by atoms with Crippen LogP contribution in [0, 0.1) is 5.82 Å². The van der Waals surface area contributed by atoms with Crippen LogP contribution in [0.25, 0.3) is 5.13 Å². The van der Waals surface area contributed by atoms with Gasteiger partial charge >= 0.3 is 0 Å². The highest BCUT2D eigenvalue weighted by Crippen LogP contribution is 2.26. The average molecular weight is 385 g/mol. The van der Waals surface area contributed by atoms with E-state index < -0.39 is 0 Å². The predicted octanol–water partition coefficient (Wildman–Crippen LogP) is 3.39. The van der Waals surface area contributed by atoms with Crippen molar-refractivity contribution >= 4 is 22.4 Å². The average Bonchev–Trinajstić information content (AvgIpc) is 3.37. The van der Waals surface area contributed by atoms with Gasteiger partial charge in [-0.25, -0.2) is 4.39 Å². The summed E-state index contributed by atoms with van der Waals surface area (Å²) in [5.41, 5.74) is 1.34. The maximum absolute atomic E-state index is 13.0. The van der Waals surface area contributed by atoms with E-state index in [9.17, 15) is 9.18 Å². The number of rotatable bonds is 5. The lowest BCUT2D eigenvalue weighted by Crippen LogP contribution is -2.29. The topological polar surface area (TPSA) is 63.1 Å². The fourth-order valence-corrected chi connectivity index (χ4v) is 4.02. The first-order chi connectivity index (χ1) is 13.2. The highest BCUT2D eigenvalue weighted by Gasteiger charge is 2.19. The van der Waals surface area contributed by atoms with Gasteiger partial charge in [-0.15, -0.1) is 10.2 Å². The molecule has 1 aliphatic heterocycles. The molecule has 140 valence electrons. The van der Waals surface area contributed by atoms with Crippen LogP contribution in [0.5, 0.6) is 0 Å². The lowest BCUT2D eigenvalue weighted by Gasteiger charge is -2.25. The maximum Gasteiger partial charge on any atom is 0.268 e. The molecule has 6 nitrogen and oxygen atoms in total. The quantitative estimate of drug-likeness (QED) is 0.731. The molecular formula is C19H20FN5OS. The summed E-state index contributed by atoms with van der Waals surface area (Å²) >= 11 is 1.49. The zero-order valence-corrected chi connectivity index (χ0v) is 15.6. The molecule has 2 aromatic heterocycles. The minimum Gasteiger partial charge on any atom is -0.347 e. The Morgan fingerprint density at radius 2 is 1.81 bits per heavy atom. The number of carbonyl (C=O) groups is 1. The third-order valence-electron chi connectivity index (χ3n) is 4.58. The lowest BCUT2D eigenvalue weighted by atomic mass is 10.1. The van der Waals surface area contributed by atoms with Gasteiger partial charge in [-0.05, 0) is 49.1 Å². The molecular weight excluding hydrogens is 365 g/mol. The van der Waals surface area contributed by atoms with E-state index >= 15 is 0 Å². The van der Waals surface area contributed by atoms with Crippen LogP contribution >= 0.6 is 11.3 Å². The van der Waals surface area contributed by atoms with Gasteiger partial charge in [0.15, 0.2) is 0 Å². The van der Waals surface area contributed by atoms with Crippen LogP contribution in [-0.4, -0.2) is 33.8 Å². The SMILES string of the molecule is O=C(NCc1ccc(F)cc1)c1cccn1-c1nnc(N2CCCCC2)s1. The number of halogens is 1. The lowest BCUT2D eigenvalue weighted by molar-refractivity contribution is 0.0944. The first kappa shape index (κ1) is 17.7. The summed E-state index contributed by atoms with van der Waals surface area (Å²) in [6.45, 7) is 2.34. The number of nitrogens with zero attached hydrogens (tertiary/aromatic N) is 4. The highest BCUT2D eigenvalue weighted by molar-refractivity contribution is 7.17. The standard InChI is InChI=1S/C19H20FN5OS/c20-15-8-6-14(7-9-15)13-21-17(26)16-5-4-12-25(16)19-23-22-18(27-19)24-10-2-1-3-11-24/h4-9,12H,1-3,10-11,13H2,(H,21,26). The number of piperidine rings is 1. The first-order valence-electron chi connectivity index (χ1n) is 8.99. The number of anilines is 1. The first-order valence-corrected chi connectivity index (χ1v) is 9.81. The van der Waals surface area contributed by atoms with E-state index in [2.05, 4.69) is 20.4 Å². The molecule has 1 aromatic carbocycles. The molecule has 1 saturated heterocycles. The van der Waals surface area contributed by atoms with Gasteiger partial charge in [0.05, 0.1) is 0 Å². The zero-order chi connectivity index (χ0) is 18.6. The summed E-state index contributed by atoms with van der Waals surface area (Å²) < 4.78 is 14.7. The Morgan fingerprint density at radius 1 is 1.07 bits per heavy atom. The molecule has 1 aliphatic rings. The molecule has 4 rings (SSSR count). The summed E-state index contributed by atoms with van der Waals surface area (Å²) in [5, 5.41) is 13.0. The molecule has 0 bridgehead atoms. The fourth-order valence-electron chi connectivity index (χ4n) is 3.13. The third kappa shape index (κ3) is 4.00. The Kier molecular flexibility index (Phi) is 5.15. The van der Waals surface area contributed by atoms with E-state index in [1.54, 1.807) is 22.8 Å². The summed E-state index contributed by atoms with van der Waals surface area (Å²) in [4.78, 5) is 14.8. The van der Waals surface area contributed by atoms with Crippen molar-refractivity contribution in [3.8, 4) is 5.13 Å². The molecule has 8 heteroatoms. The van der Waals surface area contributed by atoms with Crippen molar-refractivity contribution < 1.29 is 9.18 Å². The summed E-state index contributed by atoms with van der Waals surface area (Å²) in [7, 11) is 0.